The van der Waals surface area contributed by atoms with E-state index >= 15 is 0 Å². The van der Waals surface area contributed by atoms with Crippen molar-refractivity contribution < 1.29 is 39.7 Å². The van der Waals surface area contributed by atoms with Crippen molar-refractivity contribution in [2.45, 2.75) is 152 Å². The molecule has 11 nitrogen and oxygen atoms in total. The first-order chi connectivity index (χ1) is 37.5. The fourth-order valence-corrected chi connectivity index (χ4v) is 14.4. The highest BCUT2D eigenvalue weighted by atomic mass is 16.5. The molecule has 400 valence electrons. The van der Waals surface area contributed by atoms with Gasteiger partial charge in [-0.1, -0.05) is 85.7 Å². The lowest BCUT2D eigenvalue weighted by Gasteiger charge is -2.59. The summed E-state index contributed by atoms with van der Waals surface area (Å²) in [6.45, 7) is 0.867. The van der Waals surface area contributed by atoms with Crippen molar-refractivity contribution in [1.29, 1.82) is 0 Å². The minimum absolute atomic E-state index is 0.0352. The molecule has 6 aliphatic rings. The van der Waals surface area contributed by atoms with Crippen LogP contribution >= 0.6 is 0 Å². The molecule has 1 saturated heterocycles. The van der Waals surface area contributed by atoms with Crippen LogP contribution in [0.15, 0.2) is 121 Å². The number of fused-ring (bicyclic) bond motifs is 10. The van der Waals surface area contributed by atoms with Crippen molar-refractivity contribution in [2.75, 3.05) is 13.2 Å². The lowest BCUT2D eigenvalue weighted by molar-refractivity contribution is -0.166. The number of phenolic OH excluding ortho intramolecular Hbond substituents is 3. The summed E-state index contributed by atoms with van der Waals surface area (Å²) in [4.78, 5) is 0. The van der Waals surface area contributed by atoms with Crippen LogP contribution in [0.4, 0.5) is 0 Å². The summed E-state index contributed by atoms with van der Waals surface area (Å²) >= 11 is 0. The normalized spacial score (nSPS) is 25.2. The lowest BCUT2D eigenvalue weighted by atomic mass is 9.51. The number of hydrogen-bond donors (Lipinski definition) is 7. The van der Waals surface area contributed by atoms with Gasteiger partial charge in [0.1, 0.15) is 23.9 Å². The molecule has 12 rings (SSSR count). The molecule has 1 spiro atoms. The molecule has 77 heavy (non-hydrogen) atoms. The van der Waals surface area contributed by atoms with E-state index in [2.05, 4.69) is 76.6 Å². The zero-order chi connectivity index (χ0) is 52.7. The Kier molecular flexibility index (Phi) is 14.5. The van der Waals surface area contributed by atoms with E-state index in [4.69, 9.17) is 19.9 Å². The Morgan fingerprint density at radius 2 is 1.64 bits per heavy atom. The molecular formula is C66H73N3O8. The van der Waals surface area contributed by atoms with Gasteiger partial charge in [-0.2, -0.15) is 0 Å². The number of hydrogen-bond acceptors (Lipinski definition) is 10. The first-order valence-electron chi connectivity index (χ1n) is 28.4. The third kappa shape index (κ3) is 10.3. The van der Waals surface area contributed by atoms with Crippen LogP contribution in [0.5, 0.6) is 23.0 Å². The van der Waals surface area contributed by atoms with E-state index in [0.29, 0.717) is 49.5 Å². The van der Waals surface area contributed by atoms with E-state index in [1.807, 2.05) is 30.3 Å². The first kappa shape index (κ1) is 51.2. The number of nitrogens with one attached hydrogen (secondary N) is 1. The molecule has 4 aliphatic heterocycles. The summed E-state index contributed by atoms with van der Waals surface area (Å²) in [5, 5.41) is 60.5. The quantitative estimate of drug-likeness (QED) is 0.0764. The summed E-state index contributed by atoms with van der Waals surface area (Å²) in [5.41, 5.74) is 17.5. The summed E-state index contributed by atoms with van der Waals surface area (Å²) < 4.78 is 22.9. The van der Waals surface area contributed by atoms with Gasteiger partial charge in [0.25, 0.3) is 0 Å². The molecule has 5 aromatic carbocycles. The second-order valence-electron chi connectivity index (χ2n) is 23.0. The van der Waals surface area contributed by atoms with Crippen LogP contribution in [0.25, 0.3) is 16.6 Å². The number of aliphatic hydroxyl groups excluding tert-OH is 2. The number of ether oxygens (including phenoxy) is 3. The minimum Gasteiger partial charge on any atom is -0.508 e. The monoisotopic (exact) mass is 1040 g/mol. The largest absolute Gasteiger partial charge is 0.508 e. The zero-order valence-corrected chi connectivity index (χ0v) is 44.1. The molecule has 6 aromatic rings. The fourth-order valence-electron chi connectivity index (χ4n) is 14.4. The van der Waals surface area contributed by atoms with Crippen LogP contribution in [0.3, 0.4) is 0 Å². The molecule has 5 heterocycles. The van der Waals surface area contributed by atoms with Crippen molar-refractivity contribution in [2.24, 2.45) is 17.6 Å². The Morgan fingerprint density at radius 3 is 2.51 bits per heavy atom. The molecule has 1 saturated carbocycles. The summed E-state index contributed by atoms with van der Waals surface area (Å²) in [6.07, 6.45) is 19.4. The molecule has 1 aromatic heterocycles. The summed E-state index contributed by atoms with van der Waals surface area (Å²) in [5.74, 6) is 9.22. The Balaban J connectivity index is 0.966. The van der Waals surface area contributed by atoms with Crippen molar-refractivity contribution in [3.05, 3.63) is 171 Å². The van der Waals surface area contributed by atoms with Gasteiger partial charge in [0.05, 0.1) is 37.2 Å². The number of aliphatic hydroxyl groups is 2. The molecule has 6 bridgehead atoms. The molecule has 0 amide bonds. The Morgan fingerprint density at radius 1 is 0.766 bits per heavy atom. The highest BCUT2D eigenvalue weighted by Gasteiger charge is 2.58. The van der Waals surface area contributed by atoms with Crippen LogP contribution in [0, 0.1) is 23.7 Å². The molecule has 6 unspecified atom stereocenters. The second kappa shape index (κ2) is 21.7. The fraction of sp³-hybridized carbons (Fsp3) is 0.424. The zero-order valence-electron chi connectivity index (χ0n) is 44.1. The number of nitrogens with zero attached hydrogens (tertiary/aromatic N) is 1. The third-order valence-corrected chi connectivity index (χ3v) is 18.2. The maximum Gasteiger partial charge on any atom is 0.161 e. The van der Waals surface area contributed by atoms with Crippen molar-refractivity contribution >= 4 is 16.6 Å². The van der Waals surface area contributed by atoms with Gasteiger partial charge in [-0.05, 0) is 176 Å². The van der Waals surface area contributed by atoms with Crippen molar-refractivity contribution in [3.63, 3.8) is 0 Å². The van der Waals surface area contributed by atoms with E-state index in [9.17, 15) is 25.5 Å². The number of dihydropyridines is 1. The smallest absolute Gasteiger partial charge is 0.161 e. The predicted molar refractivity (Wildman–Crippen MR) is 299 cm³/mol. The Bertz CT molecular complexity index is 3300. The summed E-state index contributed by atoms with van der Waals surface area (Å²) in [7, 11) is 0. The number of aryl methyl sites for hydroxylation is 3. The first-order valence-corrected chi connectivity index (χ1v) is 28.4. The van der Waals surface area contributed by atoms with Gasteiger partial charge in [0.2, 0.25) is 0 Å². The Hall–Kier alpha value is -6.52. The molecule has 8 N–H and O–H groups in total. The van der Waals surface area contributed by atoms with Gasteiger partial charge in [0.15, 0.2) is 11.5 Å². The number of benzene rings is 5. The number of rotatable bonds is 7. The molecule has 11 heteroatoms. The van der Waals surface area contributed by atoms with Gasteiger partial charge in [-0.3, -0.25) is 0 Å². The minimum atomic E-state index is -0.695. The van der Waals surface area contributed by atoms with Crippen LogP contribution < -0.4 is 15.8 Å². The maximum absolute atomic E-state index is 11.8. The van der Waals surface area contributed by atoms with Crippen LogP contribution in [0.2, 0.25) is 0 Å². The van der Waals surface area contributed by atoms with E-state index in [1.54, 1.807) is 24.3 Å². The average Bonchev–Trinajstić information content (AvgIpc) is 3.90. The molecule has 2 aliphatic carbocycles. The predicted octanol–water partition coefficient (Wildman–Crippen LogP) is 10.9. The van der Waals surface area contributed by atoms with Gasteiger partial charge < -0.3 is 55.4 Å². The standard InChI is InChI=1S/C66H73N3O8/c67-63-35-47-18-16-42(14-15-43-17-22-59(73)48(28-43)29-44-9-6-11-53(71)30-44)8-7-12-55-36-54(72)21-19-46-34-61(60(74)33-50(46)39-70)76-40-51-32-52(31-49-37-69(38-56(49)51)64(68-63)57(47)41-75-55)66-26-27-77-65(24-4-1-5-25-65)62(66)23-20-45-10-2-3-13-58(45)66/h2-3,6,9-11,13,17,22,28,30-35,37-38,42,54-55,62-63,68,70-74H,1,4-5,7-8,12,14-15,19-21,23-27,29,36,39-41,67H2. The van der Waals surface area contributed by atoms with Crippen LogP contribution in [0.1, 0.15) is 134 Å². The molecule has 6 atom stereocenters. The summed E-state index contributed by atoms with van der Waals surface area (Å²) in [6, 6.07) is 30.3. The molecule has 0 radical (unpaired) electrons. The van der Waals surface area contributed by atoms with Crippen LogP contribution in [-0.2, 0) is 53.8 Å². The number of nitrogens with two attached hydrogens (primary N) is 1. The van der Waals surface area contributed by atoms with Gasteiger partial charge >= 0.3 is 0 Å². The van der Waals surface area contributed by atoms with E-state index < -0.39 is 12.3 Å². The average molecular weight is 1040 g/mol. The van der Waals surface area contributed by atoms with Gasteiger partial charge in [0, 0.05) is 64.6 Å². The topological polar surface area (TPSA) is 172 Å². The van der Waals surface area contributed by atoms with Gasteiger partial charge in [-0.15, -0.1) is 0 Å². The van der Waals surface area contributed by atoms with Crippen molar-refractivity contribution in [1.82, 2.24) is 9.88 Å². The van der Waals surface area contributed by atoms with E-state index in [0.717, 1.165) is 120 Å². The number of aromatic nitrogens is 1. The molecular weight excluding hydrogens is 963 g/mol. The Labute approximate surface area is 452 Å². The van der Waals surface area contributed by atoms with E-state index in [-0.39, 0.29) is 60.1 Å². The van der Waals surface area contributed by atoms with Gasteiger partial charge in [-0.25, -0.2) is 0 Å². The van der Waals surface area contributed by atoms with E-state index in [1.165, 1.54) is 36.0 Å². The third-order valence-electron chi connectivity index (χ3n) is 18.2. The van der Waals surface area contributed by atoms with Crippen LogP contribution in [-0.4, -0.2) is 67.3 Å². The second-order valence-corrected chi connectivity index (χ2v) is 23.0. The SMILES string of the molecule is NC1C=C2C#CC(CCc3ccc(O)c(Cc4cccc(O)c4)c3)CCCC3CC(O)CCc4cc(c(O)cc4CO)OCc4cc(C56CCOC7(CCCCC7)C5CCc5ccccc56)cc5cn(cc45)C(=C2CO3)N1. The number of phenols is 3. The lowest BCUT2D eigenvalue weighted by Crippen LogP contribution is -2.59. The highest BCUT2D eigenvalue weighted by molar-refractivity contribution is 5.89. The van der Waals surface area contributed by atoms with Crippen molar-refractivity contribution in [3.8, 4) is 34.8 Å². The highest BCUT2D eigenvalue weighted by Crippen LogP contribution is 2.59. The maximum atomic E-state index is 11.8. The molecule has 2 fully saturated rings. The number of aromatic hydroxyl groups is 3.